The first-order chi connectivity index (χ1) is 10.7. The van der Waals surface area contributed by atoms with Gasteiger partial charge in [0.1, 0.15) is 11.5 Å². The maximum atomic E-state index is 11.7. The van der Waals surface area contributed by atoms with Crippen molar-refractivity contribution in [3.63, 3.8) is 0 Å². The van der Waals surface area contributed by atoms with Gasteiger partial charge < -0.3 is 9.47 Å². The summed E-state index contributed by atoms with van der Waals surface area (Å²) in [6, 6.07) is 14.7. The van der Waals surface area contributed by atoms with E-state index in [-0.39, 0.29) is 12.5 Å². The molecule has 0 atom stereocenters. The Morgan fingerprint density at radius 1 is 1.27 bits per heavy atom. The van der Waals surface area contributed by atoms with Crippen LogP contribution in [0.2, 0.25) is 0 Å². The number of nitrogens with one attached hydrogen (secondary N) is 1. The van der Waals surface area contributed by atoms with Gasteiger partial charge in [0.15, 0.2) is 6.61 Å². The number of methoxy groups -OCH3 is 1. The molecule has 0 saturated heterocycles. The van der Waals surface area contributed by atoms with Crippen LogP contribution >= 0.6 is 15.9 Å². The number of hydrazone groups is 1. The Hall–Kier alpha value is -2.34. The minimum atomic E-state index is -0.338. The highest BCUT2D eigenvalue weighted by Crippen LogP contribution is 2.28. The molecule has 0 spiro atoms. The molecule has 5 nitrogen and oxygen atoms in total. The van der Waals surface area contributed by atoms with Gasteiger partial charge in [-0.25, -0.2) is 5.43 Å². The smallest absolute Gasteiger partial charge is 0.277 e. The fourth-order valence-electron chi connectivity index (χ4n) is 1.62. The molecule has 0 radical (unpaired) electrons. The van der Waals surface area contributed by atoms with E-state index in [1.165, 1.54) is 0 Å². The van der Waals surface area contributed by atoms with Crippen LogP contribution in [0.1, 0.15) is 5.56 Å². The van der Waals surface area contributed by atoms with Crippen molar-refractivity contribution in [3.8, 4) is 11.5 Å². The second kappa shape index (κ2) is 8.19. The Morgan fingerprint density at radius 3 is 2.73 bits per heavy atom. The Labute approximate surface area is 137 Å². The highest BCUT2D eigenvalue weighted by molar-refractivity contribution is 9.10. The molecular weight excluding hydrogens is 348 g/mol. The number of hydrogen-bond donors (Lipinski definition) is 1. The van der Waals surface area contributed by atoms with Gasteiger partial charge in [0.2, 0.25) is 0 Å². The molecule has 1 N–H and O–H groups in total. The zero-order valence-electron chi connectivity index (χ0n) is 12.0. The monoisotopic (exact) mass is 362 g/mol. The molecule has 0 bridgehead atoms. The van der Waals surface area contributed by atoms with Crippen molar-refractivity contribution in [3.05, 3.63) is 58.6 Å². The summed E-state index contributed by atoms with van der Waals surface area (Å²) in [4.78, 5) is 11.7. The first-order valence-corrected chi connectivity index (χ1v) is 7.31. The number of hydrogen-bond acceptors (Lipinski definition) is 4. The molecule has 0 aliphatic carbocycles. The molecule has 0 unspecified atom stereocenters. The molecule has 114 valence electrons. The van der Waals surface area contributed by atoms with Crippen molar-refractivity contribution in [2.24, 2.45) is 5.10 Å². The van der Waals surface area contributed by atoms with Gasteiger partial charge >= 0.3 is 0 Å². The van der Waals surface area contributed by atoms with Crippen molar-refractivity contribution in [1.29, 1.82) is 0 Å². The largest absolute Gasteiger partial charge is 0.497 e. The molecule has 0 aromatic heterocycles. The van der Waals surface area contributed by atoms with Gasteiger partial charge in [-0.05, 0) is 39.7 Å². The summed E-state index contributed by atoms with van der Waals surface area (Å²) in [6.07, 6.45) is 1.57. The van der Waals surface area contributed by atoms with Crippen molar-refractivity contribution < 1.29 is 14.3 Å². The second-order valence-electron chi connectivity index (χ2n) is 4.29. The minimum Gasteiger partial charge on any atom is -0.497 e. The second-order valence-corrected chi connectivity index (χ2v) is 5.14. The van der Waals surface area contributed by atoms with E-state index in [1.807, 2.05) is 30.3 Å². The third-order valence-corrected chi connectivity index (χ3v) is 3.32. The number of carbonyl (C=O) groups is 1. The fourth-order valence-corrected chi connectivity index (χ4v) is 2.09. The number of amides is 1. The van der Waals surface area contributed by atoms with Gasteiger partial charge in [0.05, 0.1) is 17.8 Å². The molecule has 6 heteroatoms. The third kappa shape index (κ3) is 4.89. The zero-order valence-corrected chi connectivity index (χ0v) is 13.5. The zero-order chi connectivity index (χ0) is 15.8. The Bertz CT molecular complexity index is 660. The number of rotatable bonds is 6. The highest BCUT2D eigenvalue weighted by atomic mass is 79.9. The van der Waals surface area contributed by atoms with E-state index < -0.39 is 0 Å². The Kier molecular flexibility index (Phi) is 5.97. The van der Waals surface area contributed by atoms with Gasteiger partial charge in [-0.1, -0.05) is 30.3 Å². The quantitative estimate of drug-likeness (QED) is 0.634. The van der Waals surface area contributed by atoms with Crippen LogP contribution < -0.4 is 14.9 Å². The maximum Gasteiger partial charge on any atom is 0.277 e. The van der Waals surface area contributed by atoms with Crippen LogP contribution in [0.5, 0.6) is 11.5 Å². The first kappa shape index (κ1) is 16.0. The summed E-state index contributed by atoms with van der Waals surface area (Å²) in [5.41, 5.74) is 3.31. The number of ether oxygens (including phenoxy) is 2. The molecule has 1 amide bonds. The molecule has 0 saturated carbocycles. The summed E-state index contributed by atoms with van der Waals surface area (Å²) in [7, 11) is 1.58. The minimum absolute atomic E-state index is 0.128. The molecule has 2 rings (SSSR count). The lowest BCUT2D eigenvalue weighted by Gasteiger charge is -2.08. The van der Waals surface area contributed by atoms with E-state index in [2.05, 4.69) is 26.5 Å². The lowest BCUT2D eigenvalue weighted by atomic mass is 10.2. The van der Waals surface area contributed by atoms with Crippen LogP contribution in [0, 0.1) is 0 Å². The maximum absolute atomic E-state index is 11.7. The molecule has 0 fully saturated rings. The van der Waals surface area contributed by atoms with Gasteiger partial charge in [-0.3, -0.25) is 4.79 Å². The molecule has 0 heterocycles. The number of benzene rings is 2. The molecule has 0 aliphatic rings. The number of nitrogens with zero attached hydrogens (tertiary/aromatic N) is 1. The average molecular weight is 363 g/mol. The summed E-state index contributed by atoms with van der Waals surface area (Å²) >= 11 is 3.35. The van der Waals surface area contributed by atoms with E-state index >= 15 is 0 Å². The van der Waals surface area contributed by atoms with Gasteiger partial charge in [-0.2, -0.15) is 5.10 Å². The fraction of sp³-hybridized carbons (Fsp3) is 0.125. The van der Waals surface area contributed by atoms with Crippen LogP contribution in [0.4, 0.5) is 0 Å². The van der Waals surface area contributed by atoms with Gasteiger partial charge in [0.25, 0.3) is 5.91 Å². The van der Waals surface area contributed by atoms with E-state index in [9.17, 15) is 4.79 Å². The number of carbonyl (C=O) groups excluding carboxylic acids is 1. The van der Waals surface area contributed by atoms with Crippen LogP contribution in [0.15, 0.2) is 58.1 Å². The predicted octanol–water partition coefficient (Wildman–Crippen LogP) is 2.99. The lowest BCUT2D eigenvalue weighted by molar-refractivity contribution is -0.123. The van der Waals surface area contributed by atoms with Crippen LogP contribution in [0.25, 0.3) is 0 Å². The predicted molar refractivity (Wildman–Crippen MR) is 88.4 cm³/mol. The van der Waals surface area contributed by atoms with Crippen LogP contribution in [0.3, 0.4) is 0 Å². The van der Waals surface area contributed by atoms with E-state index in [0.29, 0.717) is 16.0 Å². The Morgan fingerprint density at radius 2 is 2.05 bits per heavy atom. The SMILES string of the molecule is COc1ccc(OCC(=O)NN=Cc2ccccc2)c(Br)c1. The standard InChI is InChI=1S/C16H15BrN2O3/c1-21-13-7-8-15(14(17)9-13)22-11-16(20)19-18-10-12-5-3-2-4-6-12/h2-10H,11H2,1H3,(H,19,20). The van der Waals surface area contributed by atoms with Crippen molar-refractivity contribution in [2.45, 2.75) is 0 Å². The van der Waals surface area contributed by atoms with Gasteiger partial charge in [-0.15, -0.1) is 0 Å². The summed E-state index contributed by atoms with van der Waals surface area (Å²) in [6.45, 7) is -0.128. The molecule has 0 aliphatic heterocycles. The normalized spacial score (nSPS) is 10.5. The average Bonchev–Trinajstić information content (AvgIpc) is 2.54. The first-order valence-electron chi connectivity index (χ1n) is 6.52. The van der Waals surface area contributed by atoms with Gasteiger partial charge in [0, 0.05) is 0 Å². The highest BCUT2D eigenvalue weighted by Gasteiger charge is 2.06. The van der Waals surface area contributed by atoms with Crippen LogP contribution in [-0.2, 0) is 4.79 Å². The third-order valence-electron chi connectivity index (χ3n) is 2.70. The molecule has 22 heavy (non-hydrogen) atoms. The van der Waals surface area contributed by atoms with E-state index in [1.54, 1.807) is 31.5 Å². The number of halogens is 1. The van der Waals surface area contributed by atoms with Crippen molar-refractivity contribution in [1.82, 2.24) is 5.43 Å². The van der Waals surface area contributed by atoms with Crippen molar-refractivity contribution in [2.75, 3.05) is 13.7 Å². The van der Waals surface area contributed by atoms with E-state index in [4.69, 9.17) is 9.47 Å². The van der Waals surface area contributed by atoms with Crippen molar-refractivity contribution >= 4 is 28.1 Å². The topological polar surface area (TPSA) is 59.9 Å². The summed E-state index contributed by atoms with van der Waals surface area (Å²) in [5.74, 6) is 0.925. The molecule has 2 aromatic carbocycles. The Balaban J connectivity index is 1.82. The van der Waals surface area contributed by atoms with E-state index in [0.717, 1.165) is 5.56 Å². The van der Waals surface area contributed by atoms with Crippen LogP contribution in [-0.4, -0.2) is 25.8 Å². The molecule has 2 aromatic rings. The lowest BCUT2D eigenvalue weighted by Crippen LogP contribution is -2.24. The summed E-state index contributed by atoms with van der Waals surface area (Å²) in [5, 5.41) is 3.87. The molecular formula is C16H15BrN2O3. The summed E-state index contributed by atoms with van der Waals surface area (Å²) < 4.78 is 11.2.